The molecule has 0 N–H and O–H groups in total. The monoisotopic (exact) mass is 442 g/mol. The normalized spacial score (nSPS) is 11.8. The molecule has 3 aromatic rings. The summed E-state index contributed by atoms with van der Waals surface area (Å²) in [5.41, 5.74) is 1.60. The van der Waals surface area contributed by atoms with Crippen molar-refractivity contribution in [3.63, 3.8) is 0 Å². The molecule has 0 radical (unpaired) electrons. The van der Waals surface area contributed by atoms with Crippen molar-refractivity contribution in [2.24, 2.45) is 0 Å². The van der Waals surface area contributed by atoms with E-state index < -0.39 is 11.7 Å². The summed E-state index contributed by atoms with van der Waals surface area (Å²) in [6.07, 6.45) is 0.688. The molecule has 1 aromatic heterocycles. The lowest BCUT2D eigenvalue weighted by molar-refractivity contribution is -0.137. The van der Waals surface area contributed by atoms with Gasteiger partial charge < -0.3 is 14.2 Å². The third kappa shape index (κ3) is 6.59. The summed E-state index contributed by atoms with van der Waals surface area (Å²) < 4.78 is 46.1. The number of hydrogen-bond donors (Lipinski definition) is 0. The molecule has 2 aromatic carbocycles. The molecule has 0 aliphatic carbocycles. The van der Waals surface area contributed by atoms with E-state index >= 15 is 0 Å². The van der Waals surface area contributed by atoms with Crippen molar-refractivity contribution in [3.05, 3.63) is 101 Å². The summed E-state index contributed by atoms with van der Waals surface area (Å²) in [5, 5.41) is 0. The summed E-state index contributed by atoms with van der Waals surface area (Å²) in [6, 6.07) is 18.5. The van der Waals surface area contributed by atoms with E-state index in [9.17, 15) is 18.0 Å². The molecule has 1 heterocycles. The van der Waals surface area contributed by atoms with Crippen molar-refractivity contribution < 1.29 is 22.7 Å². The maximum absolute atomic E-state index is 13.0. The van der Waals surface area contributed by atoms with Gasteiger partial charge in [-0.25, -0.2) is 0 Å². The summed E-state index contributed by atoms with van der Waals surface area (Å²) in [7, 11) is 1.57. The van der Waals surface area contributed by atoms with Crippen molar-refractivity contribution >= 4 is 12.0 Å². The fraction of sp³-hybridized carbons (Fsp3) is 0.240. The molecule has 0 fully saturated rings. The maximum Gasteiger partial charge on any atom is 0.416 e. The predicted octanol–water partition coefficient (Wildman–Crippen LogP) is 5.24. The number of alkyl halides is 3. The second-order valence-electron chi connectivity index (χ2n) is 7.32. The van der Waals surface area contributed by atoms with Crippen molar-refractivity contribution in [1.82, 2.24) is 9.47 Å². The van der Waals surface area contributed by atoms with Gasteiger partial charge >= 0.3 is 6.18 Å². The number of ether oxygens (including phenoxy) is 1. The number of halogens is 3. The van der Waals surface area contributed by atoms with Crippen molar-refractivity contribution in [3.8, 4) is 0 Å². The van der Waals surface area contributed by atoms with Crippen LogP contribution in [0.3, 0.4) is 0 Å². The van der Waals surface area contributed by atoms with Crippen LogP contribution in [0.25, 0.3) is 6.08 Å². The van der Waals surface area contributed by atoms with Crippen LogP contribution in [0, 0.1) is 0 Å². The van der Waals surface area contributed by atoms with E-state index in [0.29, 0.717) is 25.3 Å². The van der Waals surface area contributed by atoms with Crippen LogP contribution in [0.1, 0.15) is 22.4 Å². The van der Waals surface area contributed by atoms with Crippen LogP contribution in [0.2, 0.25) is 0 Å². The minimum Gasteiger partial charge on any atom is -0.383 e. The topological polar surface area (TPSA) is 34.5 Å². The van der Waals surface area contributed by atoms with Gasteiger partial charge in [-0.15, -0.1) is 0 Å². The average molecular weight is 442 g/mol. The number of methoxy groups -OCH3 is 1. The Kier molecular flexibility index (Phi) is 7.89. The highest BCUT2D eigenvalue weighted by Gasteiger charge is 2.30. The van der Waals surface area contributed by atoms with Gasteiger partial charge in [0.2, 0.25) is 5.91 Å². The highest BCUT2D eigenvalue weighted by Crippen LogP contribution is 2.29. The number of rotatable bonds is 9. The minimum absolute atomic E-state index is 0.169. The molecule has 0 saturated carbocycles. The van der Waals surface area contributed by atoms with Gasteiger partial charge in [0.1, 0.15) is 0 Å². The molecule has 0 atom stereocenters. The molecule has 0 aliphatic heterocycles. The molecule has 0 aliphatic rings. The lowest BCUT2D eigenvalue weighted by Gasteiger charge is -2.22. The maximum atomic E-state index is 13.0. The van der Waals surface area contributed by atoms with Gasteiger partial charge in [0.05, 0.1) is 18.7 Å². The van der Waals surface area contributed by atoms with Crippen LogP contribution in [-0.2, 0) is 28.8 Å². The molecular weight excluding hydrogens is 417 g/mol. The second-order valence-corrected chi connectivity index (χ2v) is 7.32. The second kappa shape index (κ2) is 10.8. The highest BCUT2D eigenvalue weighted by atomic mass is 19.4. The predicted molar refractivity (Wildman–Crippen MR) is 118 cm³/mol. The third-order valence-corrected chi connectivity index (χ3v) is 4.98. The summed E-state index contributed by atoms with van der Waals surface area (Å²) >= 11 is 0. The van der Waals surface area contributed by atoms with Crippen molar-refractivity contribution in [2.45, 2.75) is 19.3 Å². The number of benzene rings is 2. The van der Waals surface area contributed by atoms with Crippen LogP contribution in [-0.4, -0.2) is 35.6 Å². The molecule has 168 valence electrons. The number of carbonyl (C=O) groups excluding carboxylic acids is 1. The lowest BCUT2D eigenvalue weighted by Crippen LogP contribution is -2.33. The zero-order chi connectivity index (χ0) is 23.0. The van der Waals surface area contributed by atoms with E-state index in [1.54, 1.807) is 30.3 Å². The van der Waals surface area contributed by atoms with Gasteiger partial charge in [-0.2, -0.15) is 13.2 Å². The van der Waals surface area contributed by atoms with E-state index in [-0.39, 0.29) is 12.5 Å². The van der Waals surface area contributed by atoms with Crippen LogP contribution >= 0.6 is 0 Å². The minimum atomic E-state index is -4.38. The Morgan fingerprint density at radius 2 is 1.84 bits per heavy atom. The van der Waals surface area contributed by atoms with E-state index in [1.165, 1.54) is 12.1 Å². The molecule has 0 spiro atoms. The molecular formula is C25H25F3N2O2. The Balaban J connectivity index is 1.75. The molecule has 0 unspecified atom stereocenters. The van der Waals surface area contributed by atoms with Crippen LogP contribution in [0.4, 0.5) is 13.2 Å². The van der Waals surface area contributed by atoms with Crippen molar-refractivity contribution in [2.75, 3.05) is 20.3 Å². The largest absolute Gasteiger partial charge is 0.416 e. The standard InChI is InChI=1S/C25H25F3N2O2/c1-32-16-15-30(24(31)13-12-20-7-3-2-4-8-20)19-23-11-6-14-29(23)18-21-9-5-10-22(17-21)25(26,27)28/h2-14,17H,15-16,18-19H2,1H3/b13-12+. The molecule has 3 rings (SSSR count). The van der Waals surface area contributed by atoms with E-state index in [4.69, 9.17) is 4.74 Å². The summed E-state index contributed by atoms with van der Waals surface area (Å²) in [4.78, 5) is 14.5. The molecule has 4 nitrogen and oxygen atoms in total. The first-order valence-electron chi connectivity index (χ1n) is 10.2. The zero-order valence-electron chi connectivity index (χ0n) is 17.8. The average Bonchev–Trinajstić information content (AvgIpc) is 3.21. The number of aromatic nitrogens is 1. The fourth-order valence-electron chi connectivity index (χ4n) is 3.29. The third-order valence-electron chi connectivity index (χ3n) is 4.98. The van der Waals surface area contributed by atoms with Crippen molar-refractivity contribution in [1.29, 1.82) is 0 Å². The van der Waals surface area contributed by atoms with Crippen LogP contribution < -0.4 is 0 Å². The van der Waals surface area contributed by atoms with Gasteiger partial charge in [0.15, 0.2) is 0 Å². The quantitative estimate of drug-likeness (QED) is 0.425. The first-order chi connectivity index (χ1) is 15.4. The SMILES string of the molecule is COCCN(Cc1cccn1Cc1cccc(C(F)(F)F)c1)C(=O)/C=C/c1ccccc1. The molecule has 7 heteroatoms. The van der Waals surface area contributed by atoms with Gasteiger partial charge in [-0.1, -0.05) is 42.5 Å². The smallest absolute Gasteiger partial charge is 0.383 e. The first-order valence-corrected chi connectivity index (χ1v) is 10.2. The zero-order valence-corrected chi connectivity index (χ0v) is 17.8. The molecule has 0 bridgehead atoms. The Morgan fingerprint density at radius 1 is 1.06 bits per heavy atom. The van der Waals surface area contributed by atoms with E-state index in [2.05, 4.69) is 0 Å². The molecule has 0 saturated heterocycles. The summed E-state index contributed by atoms with van der Waals surface area (Å²) in [6.45, 7) is 1.36. The number of nitrogens with zero attached hydrogens (tertiary/aromatic N) is 2. The Morgan fingerprint density at radius 3 is 2.56 bits per heavy atom. The number of amides is 1. The van der Waals surface area contributed by atoms with E-state index in [1.807, 2.05) is 47.0 Å². The van der Waals surface area contributed by atoms with Gasteiger partial charge in [-0.3, -0.25) is 4.79 Å². The highest BCUT2D eigenvalue weighted by molar-refractivity contribution is 5.91. The van der Waals surface area contributed by atoms with E-state index in [0.717, 1.165) is 23.4 Å². The summed E-state index contributed by atoms with van der Waals surface area (Å²) in [5.74, 6) is -0.169. The fourth-order valence-corrected chi connectivity index (χ4v) is 3.29. The molecule has 1 amide bonds. The Bertz CT molecular complexity index is 1040. The Hall–Kier alpha value is -3.32. The lowest BCUT2D eigenvalue weighted by atomic mass is 10.1. The van der Waals surface area contributed by atoms with Crippen LogP contribution in [0.15, 0.2) is 79.0 Å². The van der Waals surface area contributed by atoms with Gasteiger partial charge in [-0.05, 0) is 41.5 Å². The van der Waals surface area contributed by atoms with Crippen LogP contribution in [0.5, 0.6) is 0 Å². The number of carbonyl (C=O) groups is 1. The van der Waals surface area contributed by atoms with Gasteiger partial charge in [0.25, 0.3) is 0 Å². The molecule has 32 heavy (non-hydrogen) atoms. The number of hydrogen-bond acceptors (Lipinski definition) is 2. The first kappa shape index (κ1) is 23.3. The van der Waals surface area contributed by atoms with Gasteiger partial charge in [0, 0.05) is 38.2 Å². The Labute approximate surface area is 185 Å².